The second kappa shape index (κ2) is 32.6. The Morgan fingerprint density at radius 1 is 0.720 bits per heavy atom. The number of fused-ring (bicyclic) bond motifs is 2. The molecule has 5 heterocycles. The normalized spacial score (nSPS) is 26.9. The zero-order valence-electron chi connectivity index (χ0n) is 51.5. The lowest BCUT2D eigenvalue weighted by molar-refractivity contribution is -0.147. The summed E-state index contributed by atoms with van der Waals surface area (Å²) in [6, 6.07) is 7.47. The first-order valence-electron chi connectivity index (χ1n) is 31.6. The van der Waals surface area contributed by atoms with Crippen LogP contribution in [0.3, 0.4) is 0 Å². The van der Waals surface area contributed by atoms with Gasteiger partial charge in [0.1, 0.15) is 52.9 Å². The summed E-state index contributed by atoms with van der Waals surface area (Å²) in [6.45, 7) is 2.90. The Kier molecular flexibility index (Phi) is 25.0. The third-order valence-corrected chi connectivity index (χ3v) is 18.8. The van der Waals surface area contributed by atoms with Crippen molar-refractivity contribution in [1.82, 2.24) is 46.6 Å². The molecule has 508 valence electrons. The molecule has 29 heteroatoms. The fourth-order valence-corrected chi connectivity index (χ4v) is 13.4. The van der Waals surface area contributed by atoms with Crippen LogP contribution in [0.25, 0.3) is 21.1 Å². The highest BCUT2D eigenvalue weighted by Crippen LogP contribution is 2.34. The molecule has 0 radical (unpaired) electrons. The molecular weight excluding hydrogens is 1220 g/mol. The number of aliphatic hydroxyl groups excluding tert-OH is 6. The maximum Gasteiger partial charge on any atom is 0.251 e. The van der Waals surface area contributed by atoms with Gasteiger partial charge in [-0.05, 0) is 99.7 Å². The van der Waals surface area contributed by atoms with Crippen molar-refractivity contribution in [2.45, 2.75) is 177 Å². The molecule has 0 bridgehead atoms. The summed E-state index contributed by atoms with van der Waals surface area (Å²) < 4.78 is 12.0. The summed E-state index contributed by atoms with van der Waals surface area (Å²) in [7, 11) is 0. The molecule has 5 fully saturated rings. The molecule has 7 amide bonds. The van der Waals surface area contributed by atoms with E-state index in [1.807, 2.05) is 12.1 Å². The number of phenols is 1. The minimum Gasteiger partial charge on any atom is -0.504 e. The van der Waals surface area contributed by atoms with Crippen molar-refractivity contribution in [2.75, 3.05) is 57.3 Å². The smallest absolute Gasteiger partial charge is 0.251 e. The van der Waals surface area contributed by atoms with Gasteiger partial charge in [0.05, 0.1) is 48.8 Å². The van der Waals surface area contributed by atoms with E-state index in [-0.39, 0.29) is 68.8 Å². The second-order valence-corrected chi connectivity index (χ2v) is 25.6. The van der Waals surface area contributed by atoms with Crippen LogP contribution in [0.4, 0.5) is 5.69 Å². The van der Waals surface area contributed by atoms with Gasteiger partial charge in [0.2, 0.25) is 35.4 Å². The van der Waals surface area contributed by atoms with Crippen molar-refractivity contribution in [1.29, 1.82) is 0 Å². The zero-order chi connectivity index (χ0) is 65.9. The monoisotopic (exact) mass is 1310 g/mol. The Balaban J connectivity index is 0.0000111. The molecule has 16 N–H and O–H groups in total. The van der Waals surface area contributed by atoms with Crippen LogP contribution in [0.2, 0.25) is 0 Å². The molecule has 4 aromatic rings. The summed E-state index contributed by atoms with van der Waals surface area (Å²) >= 11 is 1.35. The van der Waals surface area contributed by atoms with Gasteiger partial charge in [-0.15, -0.1) is 10.2 Å². The number of hydrogen-bond acceptors (Lipinski definition) is 22. The lowest BCUT2D eigenvalue weighted by Gasteiger charge is -2.36. The quantitative estimate of drug-likeness (QED) is 0.0613. The number of piperidine rings is 1. The van der Waals surface area contributed by atoms with Crippen LogP contribution in [0, 0.1) is 5.92 Å². The van der Waals surface area contributed by atoms with E-state index < -0.39 is 152 Å². The van der Waals surface area contributed by atoms with Gasteiger partial charge in [0.25, 0.3) is 5.91 Å². The number of nitrogens with one attached hydrogen (secondary N) is 5. The second-order valence-electron chi connectivity index (χ2n) is 24.6. The molecule has 28 nitrogen and oxygen atoms in total. The summed E-state index contributed by atoms with van der Waals surface area (Å²) in [6.07, 6.45) is -3.13. The largest absolute Gasteiger partial charge is 0.504 e. The van der Waals surface area contributed by atoms with Gasteiger partial charge < -0.3 is 98.0 Å². The maximum atomic E-state index is 14.7. The third-order valence-electron chi connectivity index (χ3n) is 17.7. The number of carbonyl (C=O) groups is 7. The summed E-state index contributed by atoms with van der Waals surface area (Å²) in [5.74, 6) is -8.62. The van der Waals surface area contributed by atoms with Crippen LogP contribution >= 0.6 is 11.3 Å². The molecule has 1 aliphatic carbocycles. The molecule has 0 unspecified atom stereocenters. The van der Waals surface area contributed by atoms with E-state index in [1.165, 1.54) is 67.9 Å². The first kappa shape index (κ1) is 71.4. The average molecular weight is 1320 g/mol. The molecule has 4 aliphatic heterocycles. The van der Waals surface area contributed by atoms with Crippen molar-refractivity contribution >= 4 is 58.4 Å². The number of aromatic hydroxyl groups is 1. The van der Waals surface area contributed by atoms with Crippen LogP contribution in [-0.2, 0) is 39.9 Å². The van der Waals surface area contributed by atoms with Crippen LogP contribution in [0.15, 0.2) is 66.7 Å². The molecule has 1 saturated carbocycles. The van der Waals surface area contributed by atoms with E-state index in [2.05, 4.69) is 53.8 Å². The minimum atomic E-state index is -2.04. The number of β-amino-alcohol motifs (C(OH)–C–C–N with tert-alkyl or cyclic N) is 1. The number of carbonyl (C=O) groups excluding carboxylic acids is 7. The first-order chi connectivity index (χ1) is 44.1. The number of anilines is 1. The maximum absolute atomic E-state index is 14.7. The predicted molar refractivity (Wildman–Crippen MR) is 342 cm³/mol. The van der Waals surface area contributed by atoms with Gasteiger partial charge in [-0.3, -0.25) is 33.6 Å². The SMILES string of the molecule is C.C[C@@H](O)[C@@H]1NC(=O)[C@@H](NC(=O)c2ccc(-c3nnc(-c4ccc(N5CCC(OC6CCCCC6)CC5)cc4)s3)cc2)C[C@@H](O)CNC(=O)[C@@H]2[C@@H](O)[C@@H](C)CN2C(=O)[C@H]([C@H](O)CCN)NC(=O)[C@H]([C@H](O)Cc2ccc(O)c(OCCN)c2)NC(=O)[C@@H]2C[C@@H](O)CN2C1=O. The number of benzene rings is 3. The Morgan fingerprint density at radius 2 is 1.34 bits per heavy atom. The van der Waals surface area contributed by atoms with Crippen LogP contribution < -0.4 is 47.7 Å². The van der Waals surface area contributed by atoms with E-state index in [1.54, 1.807) is 12.1 Å². The van der Waals surface area contributed by atoms with Crippen molar-refractivity contribution < 1.29 is 78.8 Å². The average Bonchev–Trinajstić information content (AvgIpc) is 1.90. The van der Waals surface area contributed by atoms with Gasteiger partial charge in [-0.1, -0.05) is 63.1 Å². The minimum absolute atomic E-state index is 0. The Bertz CT molecular complexity index is 3200. The predicted octanol–water partition coefficient (Wildman–Crippen LogP) is -0.833. The van der Waals surface area contributed by atoms with E-state index in [0.29, 0.717) is 21.7 Å². The topological polar surface area (TPSA) is 427 Å². The summed E-state index contributed by atoms with van der Waals surface area (Å²) in [5.41, 5.74) is 14.3. The highest BCUT2D eigenvalue weighted by Gasteiger charge is 2.50. The van der Waals surface area contributed by atoms with Crippen LogP contribution in [-0.4, -0.2) is 235 Å². The van der Waals surface area contributed by atoms with Crippen LogP contribution in [0.1, 0.15) is 101 Å². The fourth-order valence-electron chi connectivity index (χ4n) is 12.6. The number of rotatable bonds is 17. The number of aromatic nitrogens is 2. The number of ether oxygens (including phenoxy) is 2. The highest BCUT2D eigenvalue weighted by molar-refractivity contribution is 7.17. The molecule has 0 spiro atoms. The molecule has 9 rings (SSSR count). The number of hydrogen-bond donors (Lipinski definition) is 14. The number of nitrogens with zero attached hydrogens (tertiary/aromatic N) is 5. The highest BCUT2D eigenvalue weighted by atomic mass is 32.1. The molecule has 5 aliphatic rings. The zero-order valence-corrected chi connectivity index (χ0v) is 52.4. The third kappa shape index (κ3) is 17.7. The van der Waals surface area contributed by atoms with Crippen LogP contribution in [0.5, 0.6) is 11.5 Å². The number of nitrogens with two attached hydrogens (primary N) is 2. The Labute approximate surface area is 543 Å². The van der Waals surface area contributed by atoms with E-state index in [9.17, 15) is 69.3 Å². The van der Waals surface area contributed by atoms with Gasteiger partial charge >= 0.3 is 0 Å². The van der Waals surface area contributed by atoms with Gasteiger partial charge in [-0.25, -0.2) is 0 Å². The van der Waals surface area contributed by atoms with Crippen molar-refractivity contribution in [3.05, 3.63) is 77.9 Å². The van der Waals surface area contributed by atoms with Crippen molar-refractivity contribution in [3.63, 3.8) is 0 Å². The first-order valence-corrected chi connectivity index (χ1v) is 32.4. The van der Waals surface area contributed by atoms with E-state index >= 15 is 0 Å². The van der Waals surface area contributed by atoms with E-state index in [0.717, 1.165) is 66.7 Å². The standard InChI is InChI=1S/C63H86N12O16S.CH4/c1-33-31-75-53(54(33)82)59(87)66-30-40(77)28-44(67-55(83)36-9-11-37(12-10-36)60-71-72-61(92-60)38-13-15-39(16-14-38)73-23-19-43(20-24-73)91-42-6-4-3-5-7-42)56(84)68-50(34(2)76)62(88)74-32-41(78)29-45(74)57(85)69-51(58(86)70-52(63(75)89)47(80)18-21-64)48(81)26-35-8-17-46(79)49(27-35)90-25-22-65;/h8-17,27,33-34,40-45,47-48,50-54,76-82H,3-7,18-26,28-32,64-65H2,1-2H3,(H,66,87)(H,67,83)(H,68,84)(H,69,85)(H,70,86);1H4/t33-,34+,40+,41+,44-,45-,47+,48+,50-,51-,52-,53-,54-;/m0./s1. The molecule has 4 saturated heterocycles. The fraction of sp³-hybridized carbons (Fsp3) is 0.578. The number of amides is 7. The van der Waals surface area contributed by atoms with Gasteiger partial charge in [0.15, 0.2) is 11.5 Å². The van der Waals surface area contributed by atoms with Gasteiger partial charge in [-0.2, -0.15) is 0 Å². The number of aliphatic hydroxyl groups is 6. The Hall–Kier alpha value is -7.45. The Morgan fingerprint density at radius 3 is 1.99 bits per heavy atom. The molecule has 3 aromatic carbocycles. The summed E-state index contributed by atoms with van der Waals surface area (Å²) in [5, 5.41) is 102. The lowest BCUT2D eigenvalue weighted by Crippen LogP contribution is -2.64. The van der Waals surface area contributed by atoms with Gasteiger partial charge in [0, 0.05) is 86.8 Å². The number of phenolic OH excluding ortho intramolecular Hbond substituents is 1. The van der Waals surface area contributed by atoms with Crippen molar-refractivity contribution in [3.8, 4) is 32.6 Å². The molecule has 13 atom stereocenters. The van der Waals surface area contributed by atoms with Crippen molar-refractivity contribution in [2.24, 2.45) is 17.4 Å². The lowest BCUT2D eigenvalue weighted by atomic mass is 9.97. The summed E-state index contributed by atoms with van der Waals surface area (Å²) in [4.78, 5) is 106. The van der Waals surface area contributed by atoms with E-state index in [4.69, 9.17) is 20.9 Å². The molecular formula is C64H90N12O16S. The molecule has 1 aromatic heterocycles. The molecule has 93 heavy (non-hydrogen) atoms.